The molecule has 1 aromatic heterocycles. The molecular weight excluding hydrogens is 693 g/mol. The van der Waals surface area contributed by atoms with Crippen LogP contribution in [0.4, 0.5) is 5.69 Å². The van der Waals surface area contributed by atoms with Crippen molar-refractivity contribution in [3.05, 3.63) is 230 Å². The van der Waals surface area contributed by atoms with E-state index in [1.165, 1.54) is 0 Å². The van der Waals surface area contributed by atoms with E-state index in [9.17, 15) is 5.41 Å². The van der Waals surface area contributed by atoms with Crippen molar-refractivity contribution in [1.29, 1.82) is 5.41 Å². The van der Waals surface area contributed by atoms with Crippen LogP contribution in [0.5, 0.6) is 0 Å². The second-order valence-electron chi connectivity index (χ2n) is 13.9. The molecule has 0 fully saturated rings. The van der Waals surface area contributed by atoms with Crippen LogP contribution in [0.15, 0.2) is 224 Å². The van der Waals surface area contributed by atoms with Gasteiger partial charge in [-0.05, 0) is 97.1 Å². The Morgan fingerprint density at radius 3 is 1.37 bits per heavy atom. The first-order valence-corrected chi connectivity index (χ1v) is 19.1. The molecule has 0 spiro atoms. The first-order valence-electron chi connectivity index (χ1n) is 19.1. The fourth-order valence-corrected chi connectivity index (χ4v) is 7.62. The van der Waals surface area contributed by atoms with E-state index in [2.05, 4.69) is 180 Å². The lowest BCUT2D eigenvalue weighted by atomic mass is 9.79. The van der Waals surface area contributed by atoms with E-state index in [1.54, 1.807) is 6.20 Å². The van der Waals surface area contributed by atoms with E-state index in [1.807, 2.05) is 42.6 Å². The second-order valence-corrected chi connectivity index (χ2v) is 13.9. The molecular formula is C53H38N4. The van der Waals surface area contributed by atoms with Crippen LogP contribution in [0.25, 0.3) is 66.8 Å². The average molecular weight is 731 g/mol. The van der Waals surface area contributed by atoms with Crippen molar-refractivity contribution in [2.75, 3.05) is 5.43 Å². The summed E-state index contributed by atoms with van der Waals surface area (Å²) in [6.45, 7) is 0. The van der Waals surface area contributed by atoms with Crippen LogP contribution in [-0.2, 0) is 0 Å². The van der Waals surface area contributed by atoms with Gasteiger partial charge in [0, 0.05) is 23.5 Å². The van der Waals surface area contributed by atoms with Crippen molar-refractivity contribution in [3.63, 3.8) is 0 Å². The highest BCUT2D eigenvalue weighted by Gasteiger charge is 2.27. The molecule has 57 heavy (non-hydrogen) atoms. The zero-order valence-corrected chi connectivity index (χ0v) is 31.2. The standard InChI is InChI=1S/C53H38N4/c54-53-49(52-47(39-21-9-3-10-22-39)30-15-31-48(52)40-23-11-4-12-24-40)34-43(35-50(53)57-56-44-27-13-25-41(33-44)42-26-16-32-55-36-42)51-45(37-17-5-1-6-18-37)28-14-29-46(51)38-19-7-2-8-20-38/h1-36,54,56H/b54-53?,57-50-. The van der Waals surface area contributed by atoms with Crippen molar-refractivity contribution >= 4 is 28.3 Å². The van der Waals surface area contributed by atoms with Gasteiger partial charge in [0.1, 0.15) is 5.71 Å². The van der Waals surface area contributed by atoms with Crippen LogP contribution in [-0.4, -0.2) is 16.4 Å². The highest BCUT2D eigenvalue weighted by atomic mass is 15.3. The number of nitrogens with one attached hydrogen (secondary N) is 2. The molecule has 0 radical (unpaired) electrons. The number of allylic oxidation sites excluding steroid dienone is 4. The smallest absolute Gasteiger partial charge is 0.109 e. The summed E-state index contributed by atoms with van der Waals surface area (Å²) in [5.41, 5.74) is 19.5. The predicted molar refractivity (Wildman–Crippen MR) is 239 cm³/mol. The van der Waals surface area contributed by atoms with E-state index in [0.29, 0.717) is 11.4 Å². The fraction of sp³-hybridized carbons (Fsp3) is 0. The average Bonchev–Trinajstić information content (AvgIpc) is 3.30. The predicted octanol–water partition coefficient (Wildman–Crippen LogP) is 13.4. The Morgan fingerprint density at radius 1 is 0.421 bits per heavy atom. The molecule has 4 nitrogen and oxygen atoms in total. The van der Waals surface area contributed by atoms with Crippen LogP contribution >= 0.6 is 0 Å². The summed E-state index contributed by atoms with van der Waals surface area (Å²) in [6, 6.07) is 67.1. The van der Waals surface area contributed by atoms with E-state index >= 15 is 0 Å². The van der Waals surface area contributed by atoms with Gasteiger partial charge in [-0.25, -0.2) is 0 Å². The number of pyridine rings is 1. The number of aromatic nitrogens is 1. The summed E-state index contributed by atoms with van der Waals surface area (Å²) in [4.78, 5) is 4.32. The Kier molecular flexibility index (Phi) is 9.81. The quantitative estimate of drug-likeness (QED) is 0.115. The summed E-state index contributed by atoms with van der Waals surface area (Å²) < 4.78 is 0. The monoisotopic (exact) mass is 730 g/mol. The highest BCUT2D eigenvalue weighted by Crippen LogP contribution is 2.44. The van der Waals surface area contributed by atoms with Crippen LogP contribution in [0.3, 0.4) is 0 Å². The number of nitrogens with zero attached hydrogens (tertiary/aromatic N) is 2. The third kappa shape index (κ3) is 7.28. The van der Waals surface area contributed by atoms with Crippen molar-refractivity contribution < 1.29 is 0 Å². The minimum atomic E-state index is 0.327. The molecule has 270 valence electrons. The van der Waals surface area contributed by atoms with Gasteiger partial charge in [0.15, 0.2) is 0 Å². The van der Waals surface area contributed by atoms with Gasteiger partial charge < -0.3 is 0 Å². The van der Waals surface area contributed by atoms with E-state index in [-0.39, 0.29) is 0 Å². The molecule has 0 amide bonds. The number of hydrogen-bond acceptors (Lipinski definition) is 4. The first kappa shape index (κ1) is 35.0. The number of anilines is 1. The minimum absolute atomic E-state index is 0.327. The Bertz CT molecular complexity index is 2670. The molecule has 0 saturated carbocycles. The zero-order valence-electron chi connectivity index (χ0n) is 31.2. The molecule has 2 N–H and O–H groups in total. The van der Waals surface area contributed by atoms with Crippen molar-refractivity contribution in [3.8, 4) is 55.6 Å². The topological polar surface area (TPSA) is 61.1 Å². The lowest BCUT2D eigenvalue weighted by molar-refractivity contribution is 1.32. The molecule has 1 heterocycles. The van der Waals surface area contributed by atoms with Crippen molar-refractivity contribution in [2.24, 2.45) is 5.10 Å². The SMILES string of the molecule is N=C1C(c2c(-c3ccccc3)cccc2-c2ccccc2)=CC(c2c(-c3ccccc3)cccc2-c2ccccc2)=C/C1=N/Nc1cccc(-c2cccnc2)c1. The van der Waals surface area contributed by atoms with Crippen molar-refractivity contribution in [2.45, 2.75) is 0 Å². The Balaban J connectivity index is 1.29. The lowest BCUT2D eigenvalue weighted by Crippen LogP contribution is -2.20. The molecule has 0 atom stereocenters. The molecule has 9 rings (SSSR count). The molecule has 1 aliphatic carbocycles. The maximum atomic E-state index is 10.00. The number of hydrazone groups is 1. The molecule has 4 heteroatoms. The molecule has 7 aromatic carbocycles. The number of benzene rings is 7. The Hall–Kier alpha value is -7.69. The van der Waals surface area contributed by atoms with Gasteiger partial charge in [-0.1, -0.05) is 176 Å². The van der Waals surface area contributed by atoms with Crippen molar-refractivity contribution in [1.82, 2.24) is 4.98 Å². The lowest BCUT2D eigenvalue weighted by Gasteiger charge is -2.25. The Labute approximate surface area is 333 Å². The van der Waals surface area contributed by atoms with Crippen LogP contribution in [0, 0.1) is 5.41 Å². The van der Waals surface area contributed by atoms with E-state index in [4.69, 9.17) is 5.10 Å². The second kappa shape index (κ2) is 16.0. The molecule has 0 bridgehead atoms. The first-order chi connectivity index (χ1) is 28.2. The molecule has 1 aliphatic rings. The normalized spacial score (nSPS) is 13.2. The van der Waals surface area contributed by atoms with E-state index in [0.717, 1.165) is 83.6 Å². The van der Waals surface area contributed by atoms with Crippen LogP contribution in [0.2, 0.25) is 0 Å². The van der Waals surface area contributed by atoms with Gasteiger partial charge in [0.25, 0.3) is 0 Å². The maximum absolute atomic E-state index is 10.00. The van der Waals surface area contributed by atoms with E-state index < -0.39 is 0 Å². The number of rotatable bonds is 9. The zero-order chi connectivity index (χ0) is 38.4. The molecule has 8 aromatic rings. The molecule has 0 aliphatic heterocycles. The van der Waals surface area contributed by atoms with Gasteiger partial charge in [-0.15, -0.1) is 0 Å². The largest absolute Gasteiger partial charge is 0.298 e. The third-order valence-electron chi connectivity index (χ3n) is 10.3. The fourth-order valence-electron chi connectivity index (χ4n) is 7.62. The third-order valence-corrected chi connectivity index (χ3v) is 10.3. The number of hydrogen-bond donors (Lipinski definition) is 2. The van der Waals surface area contributed by atoms with Crippen LogP contribution < -0.4 is 5.43 Å². The summed E-state index contributed by atoms with van der Waals surface area (Å²) in [6.07, 6.45) is 7.90. The summed E-state index contributed by atoms with van der Waals surface area (Å²) >= 11 is 0. The summed E-state index contributed by atoms with van der Waals surface area (Å²) in [7, 11) is 0. The molecule has 0 saturated heterocycles. The van der Waals surface area contributed by atoms with Gasteiger partial charge in [0.05, 0.1) is 11.4 Å². The highest BCUT2D eigenvalue weighted by molar-refractivity contribution is 6.63. The minimum Gasteiger partial charge on any atom is -0.298 e. The van der Waals surface area contributed by atoms with Gasteiger partial charge >= 0.3 is 0 Å². The summed E-state index contributed by atoms with van der Waals surface area (Å²) in [5, 5.41) is 15.0. The van der Waals surface area contributed by atoms with Crippen LogP contribution in [0.1, 0.15) is 11.1 Å². The Morgan fingerprint density at radius 2 is 0.877 bits per heavy atom. The van der Waals surface area contributed by atoms with Gasteiger partial charge in [0.2, 0.25) is 0 Å². The molecule has 0 unspecified atom stereocenters. The van der Waals surface area contributed by atoms with Gasteiger partial charge in [-0.2, -0.15) is 5.10 Å². The maximum Gasteiger partial charge on any atom is 0.109 e. The van der Waals surface area contributed by atoms with Gasteiger partial charge in [-0.3, -0.25) is 15.8 Å². The summed E-state index contributed by atoms with van der Waals surface area (Å²) in [5.74, 6) is 0.